The van der Waals surface area contributed by atoms with Crippen LogP contribution in [-0.4, -0.2) is 5.71 Å². The van der Waals surface area contributed by atoms with Crippen LogP contribution >= 0.6 is 0 Å². The summed E-state index contributed by atoms with van der Waals surface area (Å²) in [5, 5.41) is 4.51. The zero-order valence-electron chi connectivity index (χ0n) is 12.4. The van der Waals surface area contributed by atoms with Crippen molar-refractivity contribution in [2.24, 2.45) is 10.5 Å². The molecule has 0 bridgehead atoms. The highest BCUT2D eigenvalue weighted by molar-refractivity contribution is 6.06. The Balaban J connectivity index is 1.79. The minimum atomic E-state index is 0.214. The minimum Gasteiger partial charge on any atom is -0.278 e. The third-order valence-corrected chi connectivity index (χ3v) is 4.45. The van der Waals surface area contributed by atoms with Gasteiger partial charge in [0.2, 0.25) is 0 Å². The van der Waals surface area contributed by atoms with E-state index in [0.717, 1.165) is 17.8 Å². The number of hydrazone groups is 1. The molecule has 108 valence electrons. The summed E-state index contributed by atoms with van der Waals surface area (Å²) in [5.74, 6) is 0. The maximum atomic E-state index is 4.51. The SMILES string of the molecule is C=CCC12C=C/C(=N\Nc3ccccc3)C=C1CCCC2. The first-order valence-electron chi connectivity index (χ1n) is 7.72. The van der Waals surface area contributed by atoms with Crippen LogP contribution in [0.2, 0.25) is 0 Å². The highest BCUT2D eigenvalue weighted by atomic mass is 15.3. The van der Waals surface area contributed by atoms with E-state index in [1.807, 2.05) is 36.4 Å². The molecule has 0 radical (unpaired) electrons. The van der Waals surface area contributed by atoms with Gasteiger partial charge < -0.3 is 0 Å². The topological polar surface area (TPSA) is 24.4 Å². The number of rotatable bonds is 4. The first-order chi connectivity index (χ1) is 10.3. The zero-order chi connectivity index (χ0) is 14.5. The summed E-state index contributed by atoms with van der Waals surface area (Å²) in [6, 6.07) is 10.1. The molecular formula is C19H22N2. The summed E-state index contributed by atoms with van der Waals surface area (Å²) < 4.78 is 0. The maximum Gasteiger partial charge on any atom is 0.0830 e. The maximum absolute atomic E-state index is 4.51. The normalized spacial score (nSPS) is 26.1. The number of fused-ring (bicyclic) bond motifs is 1. The van der Waals surface area contributed by atoms with Gasteiger partial charge in [0, 0.05) is 5.41 Å². The third-order valence-electron chi connectivity index (χ3n) is 4.45. The van der Waals surface area contributed by atoms with Crippen LogP contribution in [0.3, 0.4) is 0 Å². The van der Waals surface area contributed by atoms with Gasteiger partial charge in [-0.1, -0.05) is 42.3 Å². The molecule has 0 aromatic heterocycles. The fourth-order valence-electron chi connectivity index (χ4n) is 3.31. The van der Waals surface area contributed by atoms with Gasteiger partial charge in [0.15, 0.2) is 0 Å². The second-order valence-corrected chi connectivity index (χ2v) is 5.87. The second kappa shape index (κ2) is 6.13. The van der Waals surface area contributed by atoms with Crippen molar-refractivity contribution in [3.63, 3.8) is 0 Å². The average molecular weight is 278 g/mol. The summed E-state index contributed by atoms with van der Waals surface area (Å²) in [6.07, 6.45) is 14.9. The molecule has 0 heterocycles. The van der Waals surface area contributed by atoms with Crippen LogP contribution in [0.25, 0.3) is 0 Å². The number of nitrogens with zero attached hydrogens (tertiary/aromatic N) is 1. The van der Waals surface area contributed by atoms with Gasteiger partial charge in [0.05, 0.1) is 11.4 Å². The molecule has 0 spiro atoms. The standard InChI is InChI=1S/C19H22N2/c1-2-12-19-13-7-6-8-16(19)15-18(11-14-19)21-20-17-9-4-3-5-10-17/h2-5,9-11,14-15,20H,1,6-8,12-13H2/b21-18+. The summed E-state index contributed by atoms with van der Waals surface area (Å²) in [5.41, 5.74) is 6.89. The van der Waals surface area contributed by atoms with Crippen LogP contribution in [0, 0.1) is 5.41 Å². The number of nitrogens with one attached hydrogen (secondary N) is 1. The number of para-hydroxylation sites is 1. The number of hydrogen-bond donors (Lipinski definition) is 1. The smallest absolute Gasteiger partial charge is 0.0830 e. The van der Waals surface area contributed by atoms with Gasteiger partial charge in [-0.2, -0.15) is 5.10 Å². The fraction of sp³-hybridized carbons (Fsp3) is 0.316. The summed E-state index contributed by atoms with van der Waals surface area (Å²) >= 11 is 0. The average Bonchev–Trinajstić information content (AvgIpc) is 2.54. The van der Waals surface area contributed by atoms with Crippen molar-refractivity contribution in [3.8, 4) is 0 Å². The van der Waals surface area contributed by atoms with E-state index < -0.39 is 0 Å². The van der Waals surface area contributed by atoms with Crippen LogP contribution < -0.4 is 5.43 Å². The molecule has 1 saturated carbocycles. The quantitative estimate of drug-likeness (QED) is 0.602. The lowest BCUT2D eigenvalue weighted by Crippen LogP contribution is -2.27. The first-order valence-corrected chi connectivity index (χ1v) is 7.72. The van der Waals surface area contributed by atoms with Gasteiger partial charge in [-0.15, -0.1) is 6.58 Å². The summed E-state index contributed by atoms with van der Waals surface area (Å²) in [7, 11) is 0. The molecule has 21 heavy (non-hydrogen) atoms. The van der Waals surface area contributed by atoms with Gasteiger partial charge in [-0.3, -0.25) is 5.43 Å². The lowest BCUT2D eigenvalue weighted by atomic mass is 9.66. The lowest BCUT2D eigenvalue weighted by Gasteiger charge is -2.38. The Hall–Kier alpha value is -2.09. The van der Waals surface area contributed by atoms with E-state index in [9.17, 15) is 0 Å². The van der Waals surface area contributed by atoms with E-state index in [1.165, 1.54) is 31.3 Å². The largest absolute Gasteiger partial charge is 0.278 e. The molecule has 2 aliphatic carbocycles. The van der Waals surface area contributed by atoms with Crippen molar-refractivity contribution in [3.05, 3.63) is 66.8 Å². The van der Waals surface area contributed by atoms with Crippen molar-refractivity contribution >= 4 is 11.4 Å². The molecule has 1 atom stereocenters. The van der Waals surface area contributed by atoms with E-state index in [1.54, 1.807) is 0 Å². The Morgan fingerprint density at radius 3 is 2.90 bits per heavy atom. The highest BCUT2D eigenvalue weighted by Crippen LogP contribution is 2.46. The second-order valence-electron chi connectivity index (χ2n) is 5.87. The fourth-order valence-corrected chi connectivity index (χ4v) is 3.31. The van der Waals surface area contributed by atoms with Crippen LogP contribution in [0.5, 0.6) is 0 Å². The summed E-state index contributed by atoms with van der Waals surface area (Å²) in [4.78, 5) is 0. The molecule has 1 N–H and O–H groups in total. The van der Waals surface area contributed by atoms with Crippen molar-refractivity contribution < 1.29 is 0 Å². The molecule has 1 aromatic rings. The van der Waals surface area contributed by atoms with Gasteiger partial charge in [0.1, 0.15) is 0 Å². The Kier molecular flexibility index (Phi) is 4.05. The van der Waals surface area contributed by atoms with Crippen molar-refractivity contribution in [1.29, 1.82) is 0 Å². The van der Waals surface area contributed by atoms with Gasteiger partial charge in [0.25, 0.3) is 0 Å². The molecule has 2 nitrogen and oxygen atoms in total. The van der Waals surface area contributed by atoms with E-state index in [0.29, 0.717) is 0 Å². The molecule has 2 heteroatoms. The van der Waals surface area contributed by atoms with Crippen molar-refractivity contribution in [1.82, 2.24) is 0 Å². The van der Waals surface area contributed by atoms with Gasteiger partial charge >= 0.3 is 0 Å². The monoisotopic (exact) mass is 278 g/mol. The van der Waals surface area contributed by atoms with Crippen LogP contribution in [-0.2, 0) is 0 Å². The number of anilines is 1. The zero-order valence-corrected chi connectivity index (χ0v) is 12.4. The molecule has 0 aliphatic heterocycles. The summed E-state index contributed by atoms with van der Waals surface area (Å²) in [6.45, 7) is 3.93. The van der Waals surface area contributed by atoms with Crippen molar-refractivity contribution in [2.75, 3.05) is 5.43 Å². The molecule has 0 amide bonds. The Morgan fingerprint density at radius 2 is 2.10 bits per heavy atom. The molecular weight excluding hydrogens is 256 g/mol. The van der Waals surface area contributed by atoms with E-state index in [-0.39, 0.29) is 5.41 Å². The van der Waals surface area contributed by atoms with E-state index in [4.69, 9.17) is 0 Å². The van der Waals surface area contributed by atoms with Crippen LogP contribution in [0.15, 0.2) is 71.9 Å². The predicted octanol–water partition coefficient (Wildman–Crippen LogP) is 5.09. The van der Waals surface area contributed by atoms with Gasteiger partial charge in [-0.05, 0) is 50.0 Å². The number of hydrogen-bond acceptors (Lipinski definition) is 2. The Morgan fingerprint density at radius 1 is 1.24 bits per heavy atom. The van der Waals surface area contributed by atoms with Gasteiger partial charge in [-0.25, -0.2) is 0 Å². The Bertz CT molecular complexity index is 595. The number of benzene rings is 1. The molecule has 2 aliphatic rings. The number of allylic oxidation sites excluding steroid dienone is 5. The third kappa shape index (κ3) is 2.99. The van der Waals surface area contributed by atoms with Crippen LogP contribution in [0.1, 0.15) is 32.1 Å². The molecule has 0 saturated heterocycles. The molecule has 1 unspecified atom stereocenters. The van der Waals surface area contributed by atoms with Crippen LogP contribution in [0.4, 0.5) is 5.69 Å². The Labute approximate surface area is 127 Å². The minimum absolute atomic E-state index is 0.214. The first kappa shape index (κ1) is 13.9. The lowest BCUT2D eigenvalue weighted by molar-refractivity contribution is 0.351. The molecule has 1 fully saturated rings. The predicted molar refractivity (Wildman–Crippen MR) is 90.4 cm³/mol. The molecule has 3 rings (SSSR count). The van der Waals surface area contributed by atoms with E-state index in [2.05, 4.69) is 35.3 Å². The highest BCUT2D eigenvalue weighted by Gasteiger charge is 2.34. The van der Waals surface area contributed by atoms with Crippen molar-refractivity contribution in [2.45, 2.75) is 32.1 Å². The molecule has 1 aromatic carbocycles. The van der Waals surface area contributed by atoms with E-state index >= 15 is 0 Å².